The fraction of sp³-hybridized carbons (Fsp3) is 0.261. The molecule has 0 spiro atoms. The molecule has 168 valence electrons. The third kappa shape index (κ3) is 5.57. The normalized spacial score (nSPS) is 10.5. The second-order valence-electron chi connectivity index (χ2n) is 7.37. The molecule has 0 radical (unpaired) electrons. The van der Waals surface area contributed by atoms with Crippen molar-refractivity contribution in [3.63, 3.8) is 0 Å². The van der Waals surface area contributed by atoms with Gasteiger partial charge in [-0.25, -0.2) is 14.8 Å². The molecule has 0 fully saturated rings. The van der Waals surface area contributed by atoms with Crippen molar-refractivity contribution in [1.29, 1.82) is 0 Å². The average molecular weight is 438 g/mol. The quantitative estimate of drug-likeness (QED) is 0.419. The number of nitrogens with one attached hydrogen (secondary N) is 2. The van der Waals surface area contributed by atoms with Gasteiger partial charge < -0.3 is 30.6 Å². The molecule has 9 heteroatoms. The Kier molecular flexibility index (Phi) is 7.33. The molecule has 4 N–H and O–H groups in total. The Hall–Kier alpha value is -4.01. The van der Waals surface area contributed by atoms with Gasteiger partial charge in [-0.3, -0.25) is 0 Å². The van der Waals surface area contributed by atoms with E-state index in [1.807, 2.05) is 19.9 Å². The van der Waals surface area contributed by atoms with Crippen LogP contribution in [0.15, 0.2) is 48.8 Å². The Morgan fingerprint density at radius 2 is 1.69 bits per heavy atom. The van der Waals surface area contributed by atoms with Crippen molar-refractivity contribution in [3.8, 4) is 11.5 Å². The van der Waals surface area contributed by atoms with E-state index in [-0.39, 0.29) is 11.9 Å². The predicted octanol–water partition coefficient (Wildman–Crippen LogP) is 4.38. The van der Waals surface area contributed by atoms with Gasteiger partial charge in [-0.1, -0.05) is 13.8 Å². The maximum atomic E-state index is 12.1. The minimum Gasteiger partial charge on any atom is -0.497 e. The topological polar surface area (TPSA) is 121 Å². The first-order valence-electron chi connectivity index (χ1n) is 10.0. The van der Waals surface area contributed by atoms with Gasteiger partial charge in [0, 0.05) is 11.8 Å². The minimum absolute atomic E-state index is 0.279. The van der Waals surface area contributed by atoms with Crippen LogP contribution in [0.2, 0.25) is 0 Å². The molecule has 0 aliphatic carbocycles. The molecular formula is C23H27N5O4. The zero-order chi connectivity index (χ0) is 23.1. The summed E-state index contributed by atoms with van der Waals surface area (Å²) >= 11 is 0. The van der Waals surface area contributed by atoms with Crippen molar-refractivity contribution in [1.82, 2.24) is 9.97 Å². The lowest BCUT2D eigenvalue weighted by Crippen LogP contribution is -2.10. The number of aromatic nitrogens is 2. The number of benzene rings is 2. The number of hydrogen-bond donors (Lipinski definition) is 3. The summed E-state index contributed by atoms with van der Waals surface area (Å²) < 4.78 is 15.9. The number of hydrogen-bond acceptors (Lipinski definition) is 9. The highest BCUT2D eigenvalue weighted by atomic mass is 16.5. The first-order chi connectivity index (χ1) is 15.4. The second kappa shape index (κ2) is 10.3. The fourth-order valence-electron chi connectivity index (χ4n) is 2.78. The lowest BCUT2D eigenvalue weighted by atomic mass is 10.2. The monoisotopic (exact) mass is 437 g/mol. The highest BCUT2D eigenvalue weighted by molar-refractivity contribution is 5.90. The smallest absolute Gasteiger partial charge is 0.338 e. The third-order valence-electron chi connectivity index (χ3n) is 4.48. The molecule has 0 atom stereocenters. The van der Waals surface area contributed by atoms with Gasteiger partial charge >= 0.3 is 5.97 Å². The van der Waals surface area contributed by atoms with Gasteiger partial charge in [-0.15, -0.1) is 0 Å². The molecule has 2 aromatic carbocycles. The van der Waals surface area contributed by atoms with Crippen LogP contribution in [0.1, 0.15) is 24.2 Å². The number of anilines is 5. The van der Waals surface area contributed by atoms with Crippen LogP contribution in [0.25, 0.3) is 0 Å². The van der Waals surface area contributed by atoms with Gasteiger partial charge in [0.2, 0.25) is 0 Å². The predicted molar refractivity (Wildman–Crippen MR) is 124 cm³/mol. The summed E-state index contributed by atoms with van der Waals surface area (Å²) in [6, 6.07) is 12.2. The molecule has 0 saturated heterocycles. The number of rotatable bonds is 9. The van der Waals surface area contributed by atoms with E-state index in [1.165, 1.54) is 6.33 Å². The van der Waals surface area contributed by atoms with Crippen molar-refractivity contribution in [2.45, 2.75) is 13.8 Å². The molecule has 0 aliphatic heterocycles. The van der Waals surface area contributed by atoms with Crippen LogP contribution < -0.4 is 25.8 Å². The number of ether oxygens (including phenoxy) is 3. The van der Waals surface area contributed by atoms with Crippen molar-refractivity contribution in [2.75, 3.05) is 37.2 Å². The lowest BCUT2D eigenvalue weighted by molar-refractivity contribution is 0.0459. The highest BCUT2D eigenvalue weighted by Crippen LogP contribution is 2.34. The molecular weight excluding hydrogens is 410 g/mol. The number of esters is 1. The van der Waals surface area contributed by atoms with Gasteiger partial charge in [-0.2, -0.15) is 0 Å². The summed E-state index contributed by atoms with van der Waals surface area (Å²) in [5.74, 6) is 2.01. The highest BCUT2D eigenvalue weighted by Gasteiger charge is 2.13. The summed E-state index contributed by atoms with van der Waals surface area (Å²) in [4.78, 5) is 20.5. The SMILES string of the molecule is COc1ccc(Nc2ncnc(Nc3ccc(C(=O)OCC(C)C)cc3)c2N)c(OC)c1. The minimum atomic E-state index is -0.355. The summed E-state index contributed by atoms with van der Waals surface area (Å²) in [6.45, 7) is 4.35. The Morgan fingerprint density at radius 3 is 2.31 bits per heavy atom. The van der Waals surface area contributed by atoms with E-state index in [1.54, 1.807) is 50.6 Å². The molecule has 0 saturated carbocycles. The van der Waals surface area contributed by atoms with E-state index >= 15 is 0 Å². The first kappa shape index (κ1) is 22.7. The molecule has 3 rings (SSSR count). The molecule has 1 heterocycles. The van der Waals surface area contributed by atoms with Crippen LogP contribution >= 0.6 is 0 Å². The standard InChI is InChI=1S/C23H27N5O4/c1-14(2)12-32-23(29)15-5-7-16(8-6-15)27-21-20(24)22(26-13-25-21)28-18-10-9-17(30-3)11-19(18)31-4/h5-11,13-14H,12,24H2,1-4H3,(H2,25,26,27,28). The number of carbonyl (C=O) groups is 1. The molecule has 9 nitrogen and oxygen atoms in total. The van der Waals surface area contributed by atoms with Crippen LogP contribution in [0.4, 0.5) is 28.7 Å². The molecule has 0 bridgehead atoms. The van der Waals surface area contributed by atoms with Crippen LogP contribution in [-0.2, 0) is 4.74 Å². The second-order valence-corrected chi connectivity index (χ2v) is 7.37. The Bertz CT molecular complexity index is 1070. The first-order valence-corrected chi connectivity index (χ1v) is 10.0. The van der Waals surface area contributed by atoms with E-state index in [2.05, 4.69) is 20.6 Å². The molecule has 0 amide bonds. The summed E-state index contributed by atoms with van der Waals surface area (Å²) in [7, 11) is 3.15. The van der Waals surface area contributed by atoms with Crippen molar-refractivity contribution >= 4 is 34.7 Å². The van der Waals surface area contributed by atoms with Gasteiger partial charge in [-0.05, 0) is 42.3 Å². The van der Waals surface area contributed by atoms with Crippen molar-refractivity contribution in [3.05, 3.63) is 54.4 Å². The number of carbonyl (C=O) groups excluding carboxylic acids is 1. The van der Waals surface area contributed by atoms with Gasteiger partial charge in [0.1, 0.15) is 23.5 Å². The average Bonchev–Trinajstić information content (AvgIpc) is 2.80. The van der Waals surface area contributed by atoms with Crippen LogP contribution in [0.3, 0.4) is 0 Å². The summed E-state index contributed by atoms with van der Waals surface area (Å²) in [5.41, 5.74) is 8.47. The number of methoxy groups -OCH3 is 2. The van der Waals surface area contributed by atoms with E-state index in [0.29, 0.717) is 52.4 Å². The fourth-order valence-corrected chi connectivity index (χ4v) is 2.78. The van der Waals surface area contributed by atoms with Crippen LogP contribution in [-0.4, -0.2) is 36.8 Å². The number of nitrogens with zero attached hydrogens (tertiary/aromatic N) is 2. The van der Waals surface area contributed by atoms with Crippen LogP contribution in [0, 0.1) is 5.92 Å². The van der Waals surface area contributed by atoms with Crippen molar-refractivity contribution < 1.29 is 19.0 Å². The maximum Gasteiger partial charge on any atom is 0.338 e. The Balaban J connectivity index is 1.74. The van der Waals surface area contributed by atoms with Crippen molar-refractivity contribution in [2.24, 2.45) is 5.92 Å². The zero-order valence-electron chi connectivity index (χ0n) is 18.5. The molecule has 3 aromatic rings. The van der Waals surface area contributed by atoms with Crippen LogP contribution in [0.5, 0.6) is 11.5 Å². The van der Waals surface area contributed by atoms with E-state index in [4.69, 9.17) is 19.9 Å². The largest absolute Gasteiger partial charge is 0.497 e. The summed E-state index contributed by atoms with van der Waals surface area (Å²) in [6.07, 6.45) is 1.40. The molecule has 0 unspecified atom stereocenters. The van der Waals surface area contributed by atoms with E-state index < -0.39 is 0 Å². The summed E-state index contributed by atoms with van der Waals surface area (Å²) in [5, 5.41) is 6.30. The lowest BCUT2D eigenvalue weighted by Gasteiger charge is -2.15. The Morgan fingerprint density at radius 1 is 1.00 bits per heavy atom. The number of nitrogen functional groups attached to an aromatic ring is 1. The van der Waals surface area contributed by atoms with Gasteiger partial charge in [0.15, 0.2) is 11.6 Å². The Labute approximate surface area is 186 Å². The molecule has 1 aromatic heterocycles. The van der Waals surface area contributed by atoms with E-state index in [0.717, 1.165) is 0 Å². The van der Waals surface area contributed by atoms with Gasteiger partial charge in [0.05, 0.1) is 32.1 Å². The number of nitrogens with two attached hydrogens (primary N) is 1. The molecule has 0 aliphatic rings. The maximum absolute atomic E-state index is 12.1. The van der Waals surface area contributed by atoms with E-state index in [9.17, 15) is 4.79 Å². The molecule has 32 heavy (non-hydrogen) atoms. The van der Waals surface area contributed by atoms with Gasteiger partial charge in [0.25, 0.3) is 0 Å². The third-order valence-corrected chi connectivity index (χ3v) is 4.48. The zero-order valence-corrected chi connectivity index (χ0v) is 18.5.